The fraction of sp³-hybridized carbons (Fsp3) is 0.765. The van der Waals surface area contributed by atoms with Gasteiger partial charge in [0.25, 0.3) is 0 Å². The number of aryl methyl sites for hydroxylation is 1. The minimum atomic E-state index is -0.157. The molecule has 2 atom stereocenters. The van der Waals surface area contributed by atoms with Crippen molar-refractivity contribution in [2.45, 2.75) is 97.0 Å². The van der Waals surface area contributed by atoms with Crippen molar-refractivity contribution >= 4 is 0 Å². The number of unbranched alkanes of at least 4 members (excludes halogenated alkanes) is 2. The van der Waals surface area contributed by atoms with Crippen LogP contribution in [0.2, 0.25) is 0 Å². The molecule has 0 N–H and O–H groups in total. The minimum absolute atomic E-state index is 0.157. The second-order valence-corrected chi connectivity index (χ2v) is 13.7. The van der Waals surface area contributed by atoms with Gasteiger partial charge in [-0.3, -0.25) is 0 Å². The summed E-state index contributed by atoms with van der Waals surface area (Å²) in [4.78, 5) is 2.68. The van der Waals surface area contributed by atoms with E-state index in [0.717, 1.165) is 57.1 Å². The van der Waals surface area contributed by atoms with E-state index >= 15 is 0 Å². The first-order valence-electron chi connectivity index (χ1n) is 16.9. The smallest absolute Gasteiger partial charge is 0.127 e. The molecule has 4 aliphatic heterocycles. The molecule has 5 aliphatic rings. The van der Waals surface area contributed by atoms with E-state index in [-0.39, 0.29) is 5.60 Å². The summed E-state index contributed by atoms with van der Waals surface area (Å²) in [5.74, 6) is 3.02. The molecule has 41 heavy (non-hydrogen) atoms. The molecule has 7 nitrogen and oxygen atoms in total. The zero-order valence-corrected chi connectivity index (χ0v) is 26.4. The van der Waals surface area contributed by atoms with Crippen molar-refractivity contribution in [1.82, 2.24) is 25.2 Å². The first-order chi connectivity index (χ1) is 19.9. The maximum Gasteiger partial charge on any atom is 0.127 e. The van der Waals surface area contributed by atoms with E-state index in [9.17, 15) is 0 Å². The highest BCUT2D eigenvalue weighted by Crippen LogP contribution is 2.53. The Balaban J connectivity index is 1.12. The number of nitrogens with zero attached hydrogens (tertiary/aromatic N) is 5. The summed E-state index contributed by atoms with van der Waals surface area (Å²) in [5.41, 5.74) is 4.02. The van der Waals surface area contributed by atoms with Crippen LogP contribution in [0.15, 0.2) is 23.8 Å². The number of benzene rings is 1. The predicted molar refractivity (Wildman–Crippen MR) is 166 cm³/mol. The van der Waals surface area contributed by atoms with Crippen LogP contribution in [0.5, 0.6) is 11.5 Å². The lowest BCUT2D eigenvalue weighted by Crippen LogP contribution is -2.59. The first-order valence-corrected chi connectivity index (χ1v) is 16.9. The van der Waals surface area contributed by atoms with Gasteiger partial charge in [-0.15, -0.1) is 5.23 Å². The van der Waals surface area contributed by atoms with Crippen molar-refractivity contribution in [2.24, 2.45) is 5.92 Å². The summed E-state index contributed by atoms with van der Waals surface area (Å²) in [6.07, 6.45) is 13.3. The van der Waals surface area contributed by atoms with Crippen molar-refractivity contribution < 1.29 is 9.47 Å². The van der Waals surface area contributed by atoms with Gasteiger partial charge in [0.2, 0.25) is 0 Å². The minimum Gasteiger partial charge on any atom is -0.493 e. The Labute approximate surface area is 249 Å². The molecule has 0 amide bonds. The largest absolute Gasteiger partial charge is 0.493 e. The van der Waals surface area contributed by atoms with E-state index in [4.69, 9.17) is 9.47 Å². The molecule has 3 fully saturated rings. The normalized spacial score (nSPS) is 27.6. The molecule has 0 saturated carbocycles. The topological polar surface area (TPSA) is 34.7 Å². The van der Waals surface area contributed by atoms with Gasteiger partial charge in [0.1, 0.15) is 17.1 Å². The van der Waals surface area contributed by atoms with Crippen LogP contribution < -0.4 is 9.47 Å². The second-order valence-electron chi connectivity index (χ2n) is 13.7. The van der Waals surface area contributed by atoms with Gasteiger partial charge in [0.15, 0.2) is 0 Å². The standard InChI is InChI=1S/C34H55N5O2/c1-5-6-7-11-28-25-31(33-29-24-27(2)12-13-30(29)34(3,4)41-32(33)26-28)40-23-10-15-35-14-8-16-37-21-22-38-18-9-17-36(20-19-35)39(37)38/h24-26,29-30H,5-23H2,1-4H3/t29-,30-/m1/s1. The average molecular weight is 566 g/mol. The lowest BCUT2D eigenvalue weighted by molar-refractivity contribution is -0.282. The van der Waals surface area contributed by atoms with E-state index in [1.807, 2.05) is 0 Å². The van der Waals surface area contributed by atoms with Crippen LogP contribution in [0.4, 0.5) is 0 Å². The number of allylic oxidation sites excluding steroid dienone is 2. The van der Waals surface area contributed by atoms with Crippen molar-refractivity contribution in [1.29, 1.82) is 0 Å². The quantitative estimate of drug-likeness (QED) is 0.273. The fourth-order valence-electron chi connectivity index (χ4n) is 8.02. The molecule has 228 valence electrons. The fourth-order valence-corrected chi connectivity index (χ4v) is 8.02. The third-order valence-corrected chi connectivity index (χ3v) is 10.2. The van der Waals surface area contributed by atoms with Gasteiger partial charge in [0.05, 0.1) is 6.61 Å². The van der Waals surface area contributed by atoms with Gasteiger partial charge < -0.3 is 14.4 Å². The number of hydrogen-bond donors (Lipinski definition) is 0. The summed E-state index contributed by atoms with van der Waals surface area (Å²) < 4.78 is 13.5. The van der Waals surface area contributed by atoms with Crippen LogP contribution in [-0.2, 0) is 6.42 Å². The van der Waals surface area contributed by atoms with Gasteiger partial charge in [0, 0.05) is 69.8 Å². The van der Waals surface area contributed by atoms with Crippen LogP contribution in [0.3, 0.4) is 0 Å². The summed E-state index contributed by atoms with van der Waals surface area (Å²) in [7, 11) is 0. The Morgan fingerprint density at radius 1 is 0.902 bits per heavy atom. The molecule has 0 unspecified atom stereocenters. The van der Waals surface area contributed by atoms with Crippen molar-refractivity contribution in [3.05, 3.63) is 34.9 Å². The summed E-state index contributed by atoms with van der Waals surface area (Å²) in [6.45, 7) is 20.3. The predicted octanol–water partition coefficient (Wildman–Crippen LogP) is 5.88. The van der Waals surface area contributed by atoms with E-state index in [1.54, 1.807) is 0 Å². The number of ether oxygens (including phenoxy) is 2. The average Bonchev–Trinajstić information content (AvgIpc) is 3.39. The molecular weight excluding hydrogens is 510 g/mol. The Hall–Kier alpha value is -1.64. The van der Waals surface area contributed by atoms with E-state index < -0.39 is 0 Å². The highest BCUT2D eigenvalue weighted by molar-refractivity contribution is 5.54. The van der Waals surface area contributed by atoms with E-state index in [1.165, 1.54) is 94.4 Å². The Kier molecular flexibility index (Phi) is 9.28. The maximum atomic E-state index is 6.78. The zero-order chi connectivity index (χ0) is 28.4. The molecule has 0 spiro atoms. The zero-order valence-electron chi connectivity index (χ0n) is 26.4. The first kappa shape index (κ1) is 29.4. The van der Waals surface area contributed by atoms with E-state index in [2.05, 4.69) is 71.1 Å². The molecule has 3 saturated heterocycles. The van der Waals surface area contributed by atoms with Gasteiger partial charge in [-0.1, -0.05) is 31.4 Å². The monoisotopic (exact) mass is 565 g/mol. The Bertz CT molecular complexity index is 1070. The lowest BCUT2D eigenvalue weighted by atomic mass is 9.68. The molecular formula is C34H55N5O2. The molecule has 6 rings (SSSR count). The molecule has 1 aliphatic carbocycles. The third kappa shape index (κ3) is 6.50. The second kappa shape index (κ2) is 12.9. The van der Waals surface area contributed by atoms with Crippen molar-refractivity contribution in [3.8, 4) is 11.5 Å². The lowest BCUT2D eigenvalue weighted by Gasteiger charge is -2.46. The number of hydrazine groups is 3. The SMILES string of the molecule is CCCCCc1cc(OCCCN2CCCN3CCN4CCCN(CC2)N34)c2c(c1)OC(C)(C)[C@@H]1CCC(C)=C[C@@H]21. The molecule has 4 heterocycles. The molecule has 0 aromatic heterocycles. The highest BCUT2D eigenvalue weighted by atomic mass is 16.5. The third-order valence-electron chi connectivity index (χ3n) is 10.2. The number of hydrogen-bond acceptors (Lipinski definition) is 7. The highest BCUT2D eigenvalue weighted by Gasteiger charge is 2.45. The van der Waals surface area contributed by atoms with Crippen molar-refractivity contribution in [2.75, 3.05) is 65.5 Å². The number of fused-ring (bicyclic) bond motifs is 3. The summed E-state index contributed by atoms with van der Waals surface area (Å²) in [6, 6.07) is 4.69. The van der Waals surface area contributed by atoms with Crippen LogP contribution in [0, 0.1) is 5.92 Å². The van der Waals surface area contributed by atoms with Gasteiger partial charge in [-0.2, -0.15) is 0 Å². The summed E-state index contributed by atoms with van der Waals surface area (Å²) in [5, 5.41) is 10.2. The maximum absolute atomic E-state index is 6.78. The summed E-state index contributed by atoms with van der Waals surface area (Å²) >= 11 is 0. The van der Waals surface area contributed by atoms with Gasteiger partial charge in [-0.25, -0.2) is 15.0 Å². The Morgan fingerprint density at radius 3 is 2.39 bits per heavy atom. The number of rotatable bonds is 9. The van der Waals surface area contributed by atoms with E-state index in [0.29, 0.717) is 11.8 Å². The molecule has 0 radical (unpaired) electrons. The van der Waals surface area contributed by atoms with Crippen LogP contribution in [0.25, 0.3) is 0 Å². The molecule has 0 bridgehead atoms. The van der Waals surface area contributed by atoms with Crippen LogP contribution in [0.1, 0.15) is 96.1 Å². The van der Waals surface area contributed by atoms with Gasteiger partial charge in [-0.05, 0) is 90.0 Å². The Morgan fingerprint density at radius 2 is 1.63 bits per heavy atom. The van der Waals surface area contributed by atoms with Gasteiger partial charge >= 0.3 is 0 Å². The molecule has 1 aromatic carbocycles. The van der Waals surface area contributed by atoms with Crippen molar-refractivity contribution in [3.63, 3.8) is 0 Å². The molecule has 1 aromatic rings. The van der Waals surface area contributed by atoms with Crippen LogP contribution in [-0.4, -0.2) is 96.3 Å². The van der Waals surface area contributed by atoms with Crippen LogP contribution >= 0.6 is 0 Å². The molecule has 7 heteroatoms.